The molecule has 8 nitrogen and oxygen atoms in total. The Morgan fingerprint density at radius 2 is 1.86 bits per heavy atom. The maximum Gasteiger partial charge on any atom is 0.339 e. The molecule has 10 heteroatoms. The molecule has 1 heterocycles. The lowest BCUT2D eigenvalue weighted by Gasteiger charge is -2.13. The van der Waals surface area contributed by atoms with Crippen molar-refractivity contribution in [3.8, 4) is 5.75 Å². The molecule has 2 aromatic carbocycles. The molecule has 184 valence electrons. The van der Waals surface area contributed by atoms with Crippen LogP contribution in [0, 0.1) is 0 Å². The van der Waals surface area contributed by atoms with Gasteiger partial charge in [0, 0.05) is 5.69 Å². The van der Waals surface area contributed by atoms with Gasteiger partial charge in [0.25, 0.3) is 11.1 Å². The van der Waals surface area contributed by atoms with Crippen molar-refractivity contribution in [3.63, 3.8) is 0 Å². The summed E-state index contributed by atoms with van der Waals surface area (Å²) in [6.07, 6.45) is 2.57. The summed E-state index contributed by atoms with van der Waals surface area (Å²) in [6, 6.07) is 11.5. The first-order valence-electron chi connectivity index (χ1n) is 11.0. The number of rotatable bonds is 9. The highest BCUT2D eigenvalue weighted by Gasteiger charge is 2.36. The maximum atomic E-state index is 12.8. The number of hydrogen-bond acceptors (Lipinski definition) is 7. The molecule has 35 heavy (non-hydrogen) atoms. The van der Waals surface area contributed by atoms with Gasteiger partial charge < -0.3 is 14.8 Å². The maximum absolute atomic E-state index is 12.8. The lowest BCUT2D eigenvalue weighted by molar-refractivity contribution is -0.127. The van der Waals surface area contributed by atoms with Crippen molar-refractivity contribution in [2.75, 3.05) is 18.5 Å². The average Bonchev–Trinajstić information content (AvgIpc) is 3.08. The largest absolute Gasteiger partial charge is 0.491 e. The van der Waals surface area contributed by atoms with Gasteiger partial charge >= 0.3 is 5.97 Å². The Morgan fingerprint density at radius 3 is 2.51 bits per heavy atom. The van der Waals surface area contributed by atoms with E-state index in [-0.39, 0.29) is 33.9 Å². The number of ether oxygens (including phenoxy) is 2. The first kappa shape index (κ1) is 26.3. The van der Waals surface area contributed by atoms with E-state index < -0.39 is 29.6 Å². The summed E-state index contributed by atoms with van der Waals surface area (Å²) in [5, 5.41) is 2.20. The molecule has 1 aliphatic heterocycles. The Balaban J connectivity index is 1.65. The van der Waals surface area contributed by atoms with Crippen LogP contribution in [0.25, 0.3) is 6.08 Å². The second-order valence-corrected chi connectivity index (χ2v) is 9.04. The second kappa shape index (κ2) is 11.9. The molecule has 1 atom stereocenters. The van der Waals surface area contributed by atoms with Crippen molar-refractivity contribution < 1.29 is 28.7 Å². The van der Waals surface area contributed by atoms with Crippen LogP contribution in [0.1, 0.15) is 43.1 Å². The Hall–Kier alpha value is -3.30. The second-order valence-electron chi connectivity index (χ2n) is 7.64. The Bertz CT molecular complexity index is 1170. The normalized spacial score (nSPS) is 15.3. The van der Waals surface area contributed by atoms with Gasteiger partial charge in [-0.2, -0.15) is 0 Å². The van der Waals surface area contributed by atoms with Gasteiger partial charge in [-0.1, -0.05) is 30.7 Å². The highest BCUT2D eigenvalue weighted by atomic mass is 35.5. The van der Waals surface area contributed by atoms with Crippen LogP contribution in [0.4, 0.5) is 10.5 Å². The van der Waals surface area contributed by atoms with E-state index >= 15 is 0 Å². The van der Waals surface area contributed by atoms with E-state index in [1.54, 1.807) is 37.3 Å². The van der Waals surface area contributed by atoms with Crippen molar-refractivity contribution in [2.24, 2.45) is 0 Å². The van der Waals surface area contributed by atoms with Crippen LogP contribution < -0.4 is 10.1 Å². The number of halogens is 1. The summed E-state index contributed by atoms with van der Waals surface area (Å²) >= 11 is 6.80. The number of carbonyl (C=O) groups is 4. The number of benzene rings is 2. The summed E-state index contributed by atoms with van der Waals surface area (Å²) in [5.41, 5.74) is 1.11. The zero-order valence-electron chi connectivity index (χ0n) is 19.5. The quantitative estimate of drug-likeness (QED) is 0.353. The molecule has 0 aliphatic carbocycles. The highest BCUT2D eigenvalue weighted by molar-refractivity contribution is 8.18. The molecule has 0 spiro atoms. The monoisotopic (exact) mass is 516 g/mol. The number of nitrogens with zero attached hydrogens (tertiary/aromatic N) is 1. The number of esters is 1. The summed E-state index contributed by atoms with van der Waals surface area (Å²) in [4.78, 5) is 50.7. The van der Waals surface area contributed by atoms with Gasteiger partial charge in [-0.3, -0.25) is 19.3 Å². The molecule has 0 bridgehead atoms. The summed E-state index contributed by atoms with van der Waals surface area (Å²) in [6.45, 7) is 5.38. The third kappa shape index (κ3) is 6.86. The smallest absolute Gasteiger partial charge is 0.339 e. The molecule has 0 unspecified atom stereocenters. The zero-order valence-corrected chi connectivity index (χ0v) is 21.1. The van der Waals surface area contributed by atoms with Gasteiger partial charge in [0.1, 0.15) is 12.3 Å². The minimum absolute atomic E-state index is 0.0909. The minimum Gasteiger partial charge on any atom is -0.491 e. The van der Waals surface area contributed by atoms with E-state index in [0.29, 0.717) is 0 Å². The van der Waals surface area contributed by atoms with Crippen LogP contribution in [0.5, 0.6) is 5.75 Å². The van der Waals surface area contributed by atoms with Gasteiger partial charge in [-0.15, -0.1) is 0 Å². The Morgan fingerprint density at radius 1 is 1.14 bits per heavy atom. The van der Waals surface area contributed by atoms with Gasteiger partial charge in [-0.25, -0.2) is 4.79 Å². The van der Waals surface area contributed by atoms with Crippen LogP contribution in [0.3, 0.4) is 0 Å². The third-order valence-electron chi connectivity index (χ3n) is 5.01. The Kier molecular flexibility index (Phi) is 8.95. The fraction of sp³-hybridized carbons (Fsp3) is 0.280. The molecular formula is C25H25ClN2O6S. The van der Waals surface area contributed by atoms with E-state index in [1.165, 1.54) is 18.2 Å². The fourth-order valence-electron chi connectivity index (χ4n) is 3.06. The number of imide groups is 1. The van der Waals surface area contributed by atoms with E-state index in [9.17, 15) is 19.2 Å². The summed E-state index contributed by atoms with van der Waals surface area (Å²) in [7, 11) is 0. The molecular weight excluding hydrogens is 492 g/mol. The molecule has 3 amide bonds. The van der Waals surface area contributed by atoms with E-state index in [2.05, 4.69) is 5.32 Å². The molecule has 1 saturated heterocycles. The van der Waals surface area contributed by atoms with Crippen molar-refractivity contribution in [3.05, 3.63) is 63.5 Å². The SMILES string of the molecule is CCOC(=O)c1cc(NC(=O)CN2C(=O)S/C(=C\c3ccc(O[C@H](C)CC)cc3)C2=O)ccc1Cl. The average molecular weight is 517 g/mol. The van der Waals surface area contributed by atoms with Gasteiger partial charge in [-0.05, 0) is 74.0 Å². The molecule has 1 N–H and O–H groups in total. The molecule has 2 aromatic rings. The zero-order chi connectivity index (χ0) is 25.5. The topological polar surface area (TPSA) is 102 Å². The van der Waals surface area contributed by atoms with E-state index in [4.69, 9.17) is 21.1 Å². The number of nitrogens with one attached hydrogen (secondary N) is 1. The van der Waals surface area contributed by atoms with Gasteiger partial charge in [0.05, 0.1) is 28.2 Å². The van der Waals surface area contributed by atoms with Gasteiger partial charge in [0.2, 0.25) is 5.91 Å². The molecule has 1 fully saturated rings. The Labute approximate surface area is 212 Å². The highest BCUT2D eigenvalue weighted by Crippen LogP contribution is 2.32. The summed E-state index contributed by atoms with van der Waals surface area (Å²) < 4.78 is 10.7. The van der Waals surface area contributed by atoms with Crippen molar-refractivity contribution in [2.45, 2.75) is 33.3 Å². The molecule has 0 saturated carbocycles. The first-order valence-corrected chi connectivity index (χ1v) is 12.2. The van der Waals surface area contributed by atoms with Gasteiger partial charge in [0.15, 0.2) is 0 Å². The molecule has 0 aromatic heterocycles. The first-order chi connectivity index (χ1) is 16.7. The fourth-order valence-corrected chi connectivity index (χ4v) is 4.09. The summed E-state index contributed by atoms with van der Waals surface area (Å²) in [5.74, 6) is -1.06. The van der Waals surface area contributed by atoms with Crippen LogP contribution in [0.2, 0.25) is 5.02 Å². The lowest BCUT2D eigenvalue weighted by Crippen LogP contribution is -2.36. The van der Waals surface area contributed by atoms with Crippen molar-refractivity contribution >= 4 is 58.1 Å². The lowest BCUT2D eigenvalue weighted by atomic mass is 10.2. The number of thioether (sulfide) groups is 1. The molecule has 0 radical (unpaired) electrons. The standard InChI is InChI=1S/C25H25ClN2O6S/c1-4-15(3)34-18-9-6-16(7-10-18)12-21-23(30)28(25(32)35-21)14-22(29)27-17-8-11-20(26)19(13-17)24(31)33-5-2/h6-13,15H,4-5,14H2,1-3H3,(H,27,29)/b21-12-/t15-/m1/s1. The van der Waals surface area contributed by atoms with Crippen LogP contribution >= 0.6 is 23.4 Å². The molecule has 1 aliphatic rings. The predicted octanol–water partition coefficient (Wildman–Crippen LogP) is 5.37. The number of hydrogen-bond donors (Lipinski definition) is 1. The predicted molar refractivity (Wildman–Crippen MR) is 136 cm³/mol. The van der Waals surface area contributed by atoms with E-state index in [1.807, 2.05) is 13.8 Å². The van der Waals surface area contributed by atoms with Crippen molar-refractivity contribution in [1.82, 2.24) is 4.90 Å². The minimum atomic E-state index is -0.621. The third-order valence-corrected chi connectivity index (χ3v) is 6.25. The van der Waals surface area contributed by atoms with Crippen LogP contribution in [-0.4, -0.2) is 47.2 Å². The van der Waals surface area contributed by atoms with Crippen molar-refractivity contribution in [1.29, 1.82) is 0 Å². The number of amides is 3. The number of anilines is 1. The van der Waals surface area contributed by atoms with Crippen LogP contribution in [-0.2, 0) is 14.3 Å². The van der Waals surface area contributed by atoms with Crippen LogP contribution in [0.15, 0.2) is 47.4 Å². The number of carbonyl (C=O) groups excluding carboxylic acids is 4. The molecule has 3 rings (SSSR count). The van der Waals surface area contributed by atoms with E-state index in [0.717, 1.165) is 34.4 Å².